The van der Waals surface area contributed by atoms with Gasteiger partial charge >= 0.3 is 0 Å². The third-order valence-electron chi connectivity index (χ3n) is 2.01. The smallest absolute Gasteiger partial charge is 0.176 e. The molecule has 0 bridgehead atoms. The molecular weight excluding hydrogens is 264 g/mol. The van der Waals surface area contributed by atoms with Crippen molar-refractivity contribution in [3.05, 3.63) is 34.3 Å². The van der Waals surface area contributed by atoms with Crippen molar-refractivity contribution < 1.29 is 8.42 Å². The molecule has 1 rings (SSSR count). The molecule has 0 saturated carbocycles. The van der Waals surface area contributed by atoms with Crippen molar-refractivity contribution in [3.63, 3.8) is 0 Å². The maximum atomic E-state index is 11.4. The Labute approximate surface area is 92.7 Å². The molecule has 1 aromatic carbocycles. The average molecular weight is 275 g/mol. The van der Waals surface area contributed by atoms with Crippen molar-refractivity contribution in [1.29, 1.82) is 0 Å². The van der Waals surface area contributed by atoms with E-state index in [4.69, 9.17) is 0 Å². The second kappa shape index (κ2) is 3.87. The molecule has 76 valence electrons. The van der Waals surface area contributed by atoms with E-state index < -0.39 is 9.84 Å². The third kappa shape index (κ3) is 2.07. The van der Waals surface area contributed by atoms with Crippen LogP contribution in [0.5, 0.6) is 0 Å². The van der Waals surface area contributed by atoms with Gasteiger partial charge in [0, 0.05) is 10.7 Å². The predicted molar refractivity (Wildman–Crippen MR) is 62.1 cm³/mol. The summed E-state index contributed by atoms with van der Waals surface area (Å²) < 4.78 is 23.7. The molecule has 0 radical (unpaired) electrons. The highest BCUT2D eigenvalue weighted by molar-refractivity contribution is 9.10. The van der Waals surface area contributed by atoms with Gasteiger partial charge in [-0.2, -0.15) is 0 Å². The van der Waals surface area contributed by atoms with E-state index in [1.807, 2.05) is 6.92 Å². The van der Waals surface area contributed by atoms with Crippen molar-refractivity contribution >= 4 is 31.8 Å². The molecule has 14 heavy (non-hydrogen) atoms. The van der Waals surface area contributed by atoms with Crippen molar-refractivity contribution in [2.75, 3.05) is 6.26 Å². The van der Waals surface area contributed by atoms with E-state index in [0.717, 1.165) is 10.0 Å². The number of hydrogen-bond donors (Lipinski definition) is 0. The van der Waals surface area contributed by atoms with Crippen LogP contribution in [0.1, 0.15) is 11.1 Å². The zero-order valence-corrected chi connectivity index (χ0v) is 10.4. The summed E-state index contributed by atoms with van der Waals surface area (Å²) in [5, 5.41) is 0. The summed E-state index contributed by atoms with van der Waals surface area (Å²) in [4.78, 5) is 0.327. The number of halogens is 1. The standard InChI is InChI=1S/C10H11BrO2S/c1-4-8-7(2)9(11)5-6-10(8)14(3,12)13/h4-6H,1H2,2-3H3. The second-order valence-corrected chi connectivity index (χ2v) is 5.90. The van der Waals surface area contributed by atoms with Crippen LogP contribution in [0.15, 0.2) is 28.1 Å². The van der Waals surface area contributed by atoms with E-state index in [2.05, 4.69) is 22.5 Å². The molecule has 0 aliphatic carbocycles. The minimum absolute atomic E-state index is 0.327. The van der Waals surface area contributed by atoms with Crippen LogP contribution in [-0.4, -0.2) is 14.7 Å². The molecule has 0 spiro atoms. The molecule has 0 saturated heterocycles. The molecule has 0 aliphatic rings. The SMILES string of the molecule is C=Cc1c(S(C)(=O)=O)ccc(Br)c1C. The number of sulfone groups is 1. The Morgan fingerprint density at radius 2 is 2.00 bits per heavy atom. The van der Waals surface area contributed by atoms with Gasteiger partial charge < -0.3 is 0 Å². The van der Waals surface area contributed by atoms with Crippen LogP contribution in [0.4, 0.5) is 0 Å². The molecule has 1 aromatic rings. The highest BCUT2D eigenvalue weighted by Gasteiger charge is 2.14. The molecule has 0 aliphatic heterocycles. The van der Waals surface area contributed by atoms with E-state index in [9.17, 15) is 8.42 Å². The lowest BCUT2D eigenvalue weighted by molar-refractivity contribution is 0.601. The van der Waals surface area contributed by atoms with Crippen molar-refractivity contribution in [3.8, 4) is 0 Å². The van der Waals surface area contributed by atoms with Crippen LogP contribution < -0.4 is 0 Å². The molecule has 0 N–H and O–H groups in total. The summed E-state index contributed by atoms with van der Waals surface area (Å²) in [7, 11) is -3.18. The largest absolute Gasteiger partial charge is 0.224 e. The van der Waals surface area contributed by atoms with Gasteiger partial charge in [-0.3, -0.25) is 0 Å². The van der Waals surface area contributed by atoms with Crippen molar-refractivity contribution in [2.24, 2.45) is 0 Å². The fourth-order valence-corrected chi connectivity index (χ4v) is 2.55. The van der Waals surface area contributed by atoms with Crippen LogP contribution in [0.3, 0.4) is 0 Å². The lowest BCUT2D eigenvalue weighted by Gasteiger charge is -2.08. The Morgan fingerprint density at radius 1 is 1.43 bits per heavy atom. The monoisotopic (exact) mass is 274 g/mol. The van der Waals surface area contributed by atoms with Gasteiger partial charge in [0.05, 0.1) is 4.90 Å². The van der Waals surface area contributed by atoms with Crippen molar-refractivity contribution in [1.82, 2.24) is 0 Å². The minimum atomic E-state index is -3.18. The fourth-order valence-electron chi connectivity index (χ4n) is 1.25. The van der Waals surface area contributed by atoms with Crippen LogP contribution in [0.25, 0.3) is 6.08 Å². The first kappa shape index (κ1) is 11.5. The topological polar surface area (TPSA) is 34.1 Å². The first-order chi connectivity index (χ1) is 6.38. The summed E-state index contributed by atoms with van der Waals surface area (Å²) in [6.07, 6.45) is 2.76. The van der Waals surface area contributed by atoms with Gasteiger partial charge in [0.25, 0.3) is 0 Å². The summed E-state index contributed by atoms with van der Waals surface area (Å²) in [5.41, 5.74) is 1.56. The molecule has 0 amide bonds. The Balaban J connectivity index is 3.63. The average Bonchev–Trinajstić information content (AvgIpc) is 2.07. The fraction of sp³-hybridized carbons (Fsp3) is 0.200. The maximum Gasteiger partial charge on any atom is 0.176 e. The van der Waals surface area contributed by atoms with Gasteiger partial charge in [0.15, 0.2) is 9.84 Å². The number of hydrogen-bond acceptors (Lipinski definition) is 2. The first-order valence-corrected chi connectivity index (χ1v) is 6.68. The van der Waals surface area contributed by atoms with Gasteiger partial charge in [-0.25, -0.2) is 8.42 Å². The number of benzene rings is 1. The van der Waals surface area contributed by atoms with Gasteiger partial charge in [-0.15, -0.1) is 0 Å². The highest BCUT2D eigenvalue weighted by atomic mass is 79.9. The van der Waals surface area contributed by atoms with Gasteiger partial charge in [0.1, 0.15) is 0 Å². The van der Waals surface area contributed by atoms with E-state index >= 15 is 0 Å². The third-order valence-corrected chi connectivity index (χ3v) is 4.03. The Hall–Kier alpha value is -0.610. The maximum absolute atomic E-state index is 11.4. The van der Waals surface area contributed by atoms with Crippen LogP contribution in [0, 0.1) is 6.92 Å². The van der Waals surface area contributed by atoms with Gasteiger partial charge in [-0.1, -0.05) is 28.6 Å². The van der Waals surface area contributed by atoms with Gasteiger partial charge in [-0.05, 0) is 30.2 Å². The van der Waals surface area contributed by atoms with Crippen LogP contribution in [-0.2, 0) is 9.84 Å². The quantitative estimate of drug-likeness (QED) is 0.831. The molecule has 0 atom stereocenters. The van der Waals surface area contributed by atoms with Crippen molar-refractivity contribution in [2.45, 2.75) is 11.8 Å². The van der Waals surface area contributed by atoms with E-state index in [0.29, 0.717) is 10.5 Å². The van der Waals surface area contributed by atoms with E-state index in [1.165, 1.54) is 6.26 Å². The zero-order valence-electron chi connectivity index (χ0n) is 8.04. The number of rotatable bonds is 2. The lowest BCUT2D eigenvalue weighted by atomic mass is 10.1. The van der Waals surface area contributed by atoms with Gasteiger partial charge in [0.2, 0.25) is 0 Å². The molecule has 0 heterocycles. The van der Waals surface area contributed by atoms with E-state index in [1.54, 1.807) is 18.2 Å². The molecule has 0 fully saturated rings. The molecule has 2 nitrogen and oxygen atoms in total. The van der Waals surface area contributed by atoms with Crippen LogP contribution >= 0.6 is 15.9 Å². The summed E-state index contributed by atoms with van der Waals surface area (Å²) in [6.45, 7) is 5.48. The molecule has 4 heteroatoms. The molecular formula is C10H11BrO2S. The Morgan fingerprint density at radius 3 is 2.43 bits per heavy atom. The Kier molecular flexibility index (Phi) is 3.17. The summed E-state index contributed by atoms with van der Waals surface area (Å²) >= 11 is 3.35. The summed E-state index contributed by atoms with van der Waals surface area (Å²) in [6, 6.07) is 3.32. The first-order valence-electron chi connectivity index (χ1n) is 3.99. The second-order valence-electron chi connectivity index (χ2n) is 3.06. The molecule has 0 aromatic heterocycles. The molecule has 0 unspecified atom stereocenters. The summed E-state index contributed by atoms with van der Waals surface area (Å²) in [5.74, 6) is 0. The van der Waals surface area contributed by atoms with Crippen LogP contribution in [0.2, 0.25) is 0 Å². The normalized spacial score (nSPS) is 11.4. The lowest BCUT2D eigenvalue weighted by Crippen LogP contribution is -2.01. The highest BCUT2D eigenvalue weighted by Crippen LogP contribution is 2.26. The van der Waals surface area contributed by atoms with E-state index in [-0.39, 0.29) is 0 Å². The minimum Gasteiger partial charge on any atom is -0.224 e. The predicted octanol–water partition coefficient (Wildman–Crippen LogP) is 2.80. The Bertz CT molecular complexity index is 475. The zero-order chi connectivity index (χ0) is 10.9.